The Morgan fingerprint density at radius 3 is 2.70 bits per heavy atom. The summed E-state index contributed by atoms with van der Waals surface area (Å²) in [4.78, 5) is 2.35. The molecule has 2 N–H and O–H groups in total. The van der Waals surface area contributed by atoms with Crippen LogP contribution in [0, 0.1) is 0 Å². The van der Waals surface area contributed by atoms with Crippen molar-refractivity contribution in [2.45, 2.75) is 32.2 Å². The van der Waals surface area contributed by atoms with E-state index in [1.54, 1.807) is 0 Å². The molecule has 0 spiro atoms. The van der Waals surface area contributed by atoms with E-state index in [-0.39, 0.29) is 6.61 Å². The third-order valence-electron chi connectivity index (χ3n) is 3.58. The predicted molar refractivity (Wildman–Crippen MR) is 89.0 cm³/mol. The number of hydrogen-bond acceptors (Lipinski definition) is 3. The fourth-order valence-corrected chi connectivity index (χ4v) is 2.79. The number of nitrogens with zero attached hydrogens (tertiary/aromatic N) is 1. The molecular formula is C16H27BrN2O. The van der Waals surface area contributed by atoms with Gasteiger partial charge >= 0.3 is 0 Å². The van der Waals surface area contributed by atoms with E-state index in [9.17, 15) is 0 Å². The van der Waals surface area contributed by atoms with E-state index < -0.39 is 0 Å². The second-order valence-corrected chi connectivity index (χ2v) is 6.02. The lowest BCUT2D eigenvalue weighted by Crippen LogP contribution is -2.31. The summed E-state index contributed by atoms with van der Waals surface area (Å²) in [6.07, 6.45) is 3.45. The van der Waals surface area contributed by atoms with Crippen LogP contribution in [0.25, 0.3) is 0 Å². The molecule has 0 aromatic heterocycles. The normalized spacial score (nSPS) is 12.8. The van der Waals surface area contributed by atoms with Crippen molar-refractivity contribution in [2.75, 3.05) is 33.3 Å². The summed E-state index contributed by atoms with van der Waals surface area (Å²) < 4.78 is 1.12. The van der Waals surface area contributed by atoms with E-state index in [4.69, 9.17) is 5.11 Å². The molecule has 114 valence electrons. The molecule has 1 aromatic carbocycles. The lowest BCUT2D eigenvalue weighted by molar-refractivity contribution is 0.188. The van der Waals surface area contributed by atoms with E-state index in [0.717, 1.165) is 30.5 Å². The Morgan fingerprint density at radius 1 is 1.30 bits per heavy atom. The molecule has 0 bridgehead atoms. The maximum Gasteiger partial charge on any atom is 0.0558 e. The first-order valence-electron chi connectivity index (χ1n) is 7.47. The average molecular weight is 343 g/mol. The summed E-state index contributed by atoms with van der Waals surface area (Å²) in [6.45, 7) is 5.30. The van der Waals surface area contributed by atoms with E-state index in [1.807, 2.05) is 7.05 Å². The number of unbranched alkanes of at least 4 members (excludes halogenated alkanes) is 1. The van der Waals surface area contributed by atoms with Gasteiger partial charge in [0.1, 0.15) is 0 Å². The number of halogens is 1. The lowest BCUT2D eigenvalue weighted by atomic mass is 10.0. The van der Waals surface area contributed by atoms with Gasteiger partial charge in [0.05, 0.1) is 6.61 Å². The monoisotopic (exact) mass is 342 g/mol. The highest BCUT2D eigenvalue weighted by Crippen LogP contribution is 2.20. The molecule has 1 rings (SSSR count). The first-order chi connectivity index (χ1) is 9.71. The fraction of sp³-hybridized carbons (Fsp3) is 0.625. The molecule has 0 fully saturated rings. The van der Waals surface area contributed by atoms with E-state index in [1.165, 1.54) is 18.4 Å². The number of aliphatic hydroxyl groups excluding tert-OH is 1. The lowest BCUT2D eigenvalue weighted by Gasteiger charge is -2.24. The van der Waals surface area contributed by atoms with E-state index in [0.29, 0.717) is 6.04 Å². The van der Waals surface area contributed by atoms with Gasteiger partial charge in [0.2, 0.25) is 0 Å². The van der Waals surface area contributed by atoms with Gasteiger partial charge in [0.25, 0.3) is 0 Å². The second-order valence-electron chi connectivity index (χ2n) is 5.10. The summed E-state index contributed by atoms with van der Waals surface area (Å²) in [6, 6.07) is 8.81. The number of rotatable bonds is 10. The Morgan fingerprint density at radius 2 is 2.10 bits per heavy atom. The zero-order valence-corrected chi connectivity index (χ0v) is 14.2. The average Bonchev–Trinajstić information content (AvgIpc) is 2.45. The van der Waals surface area contributed by atoms with E-state index in [2.05, 4.69) is 57.3 Å². The third-order valence-corrected chi connectivity index (χ3v) is 4.07. The van der Waals surface area contributed by atoms with Crippen LogP contribution in [0.1, 0.15) is 37.8 Å². The first kappa shape index (κ1) is 17.6. The number of aliphatic hydroxyl groups is 1. The van der Waals surface area contributed by atoms with Crippen LogP contribution in [0.15, 0.2) is 28.7 Å². The zero-order valence-electron chi connectivity index (χ0n) is 12.6. The number of benzene rings is 1. The van der Waals surface area contributed by atoms with Crippen molar-refractivity contribution in [3.63, 3.8) is 0 Å². The molecule has 0 aliphatic heterocycles. The standard InChI is InChI=1S/C16H27BrN2O/c1-3-4-9-19(11-12-20)10-8-16(18-2)14-6-5-7-15(17)13-14/h5-7,13,16,18,20H,3-4,8-12H2,1-2H3. The van der Waals surface area contributed by atoms with Crippen molar-refractivity contribution in [1.29, 1.82) is 0 Å². The summed E-state index contributed by atoms with van der Waals surface area (Å²) in [5.41, 5.74) is 1.31. The van der Waals surface area contributed by atoms with Gasteiger partial charge in [0.15, 0.2) is 0 Å². The first-order valence-corrected chi connectivity index (χ1v) is 8.26. The molecule has 1 atom stereocenters. The molecule has 0 radical (unpaired) electrons. The van der Waals surface area contributed by atoms with Crippen molar-refractivity contribution in [3.05, 3.63) is 34.3 Å². The van der Waals surface area contributed by atoms with E-state index >= 15 is 0 Å². The molecule has 0 amide bonds. The Labute approximate surface area is 131 Å². The fourth-order valence-electron chi connectivity index (χ4n) is 2.37. The van der Waals surface area contributed by atoms with Crippen LogP contribution in [-0.2, 0) is 0 Å². The van der Waals surface area contributed by atoms with Crippen molar-refractivity contribution in [1.82, 2.24) is 10.2 Å². The smallest absolute Gasteiger partial charge is 0.0558 e. The van der Waals surface area contributed by atoms with Gasteiger partial charge in [-0.2, -0.15) is 0 Å². The minimum Gasteiger partial charge on any atom is -0.395 e. The van der Waals surface area contributed by atoms with Crippen LogP contribution in [-0.4, -0.2) is 43.3 Å². The van der Waals surface area contributed by atoms with Crippen molar-refractivity contribution < 1.29 is 5.11 Å². The highest BCUT2D eigenvalue weighted by Gasteiger charge is 2.12. The van der Waals surface area contributed by atoms with Crippen LogP contribution in [0.2, 0.25) is 0 Å². The molecule has 20 heavy (non-hydrogen) atoms. The summed E-state index contributed by atoms with van der Waals surface area (Å²) >= 11 is 3.53. The second kappa shape index (κ2) is 10.3. The largest absolute Gasteiger partial charge is 0.395 e. The summed E-state index contributed by atoms with van der Waals surface area (Å²) in [5.74, 6) is 0. The van der Waals surface area contributed by atoms with Crippen molar-refractivity contribution in [3.8, 4) is 0 Å². The van der Waals surface area contributed by atoms with Crippen molar-refractivity contribution >= 4 is 15.9 Å². The van der Waals surface area contributed by atoms with Gasteiger partial charge in [0, 0.05) is 23.6 Å². The number of hydrogen-bond donors (Lipinski definition) is 2. The van der Waals surface area contributed by atoms with Gasteiger partial charge in [-0.05, 0) is 44.1 Å². The van der Waals surface area contributed by atoms with Gasteiger partial charge in [-0.3, -0.25) is 0 Å². The Balaban J connectivity index is 2.54. The molecular weight excluding hydrogens is 316 g/mol. The zero-order chi connectivity index (χ0) is 14.8. The van der Waals surface area contributed by atoms with Crippen LogP contribution >= 0.6 is 15.9 Å². The van der Waals surface area contributed by atoms with Crippen LogP contribution in [0.3, 0.4) is 0 Å². The van der Waals surface area contributed by atoms with Gasteiger partial charge in [-0.25, -0.2) is 0 Å². The topological polar surface area (TPSA) is 35.5 Å². The molecule has 0 aliphatic rings. The van der Waals surface area contributed by atoms with Gasteiger partial charge in [-0.1, -0.05) is 41.4 Å². The maximum atomic E-state index is 9.15. The Hall–Kier alpha value is -0.420. The molecule has 4 heteroatoms. The van der Waals surface area contributed by atoms with Gasteiger partial charge < -0.3 is 15.3 Å². The van der Waals surface area contributed by atoms with Crippen LogP contribution < -0.4 is 5.32 Å². The Kier molecular flexibility index (Phi) is 9.10. The van der Waals surface area contributed by atoms with Crippen LogP contribution in [0.5, 0.6) is 0 Å². The van der Waals surface area contributed by atoms with Crippen LogP contribution in [0.4, 0.5) is 0 Å². The minimum absolute atomic E-state index is 0.241. The highest BCUT2D eigenvalue weighted by molar-refractivity contribution is 9.10. The molecule has 0 saturated carbocycles. The quantitative estimate of drug-likeness (QED) is 0.685. The Bertz CT molecular complexity index is 373. The molecule has 0 heterocycles. The molecule has 0 saturated heterocycles. The molecule has 1 aromatic rings. The molecule has 1 unspecified atom stereocenters. The maximum absolute atomic E-state index is 9.15. The minimum atomic E-state index is 0.241. The van der Waals surface area contributed by atoms with Gasteiger partial charge in [-0.15, -0.1) is 0 Å². The summed E-state index contributed by atoms with van der Waals surface area (Å²) in [5, 5.41) is 12.5. The molecule has 3 nitrogen and oxygen atoms in total. The highest BCUT2D eigenvalue weighted by atomic mass is 79.9. The van der Waals surface area contributed by atoms with Crippen molar-refractivity contribution in [2.24, 2.45) is 0 Å². The SMILES string of the molecule is CCCCN(CCO)CCC(NC)c1cccc(Br)c1. The summed E-state index contributed by atoms with van der Waals surface area (Å²) in [7, 11) is 2.01. The predicted octanol–water partition coefficient (Wildman–Crippen LogP) is 3.19. The number of nitrogens with one attached hydrogen (secondary N) is 1. The third kappa shape index (κ3) is 6.35. The molecule has 0 aliphatic carbocycles.